The molecule has 8 heteroatoms. The molecule has 0 rings (SSSR count). The highest BCUT2D eigenvalue weighted by Gasteiger charge is 2.48. The zero-order valence-electron chi connectivity index (χ0n) is 11.9. The van der Waals surface area contributed by atoms with Crippen molar-refractivity contribution in [3.63, 3.8) is 0 Å². The minimum absolute atomic E-state index is 0.0455. The first kappa shape index (κ1) is 19.1. The summed E-state index contributed by atoms with van der Waals surface area (Å²) < 4.78 is 56.6. The van der Waals surface area contributed by atoms with Crippen LogP contribution in [0.5, 0.6) is 0 Å². The summed E-state index contributed by atoms with van der Waals surface area (Å²) in [7, 11) is -1.98. The number of nitrogens with one attached hydrogen (secondary N) is 1. The summed E-state index contributed by atoms with van der Waals surface area (Å²) in [5, 5.41) is 0. The fourth-order valence-electron chi connectivity index (χ4n) is 1.24. The third-order valence-corrected chi connectivity index (χ3v) is 3.90. The molecule has 0 aromatic rings. The van der Waals surface area contributed by atoms with E-state index in [1.807, 2.05) is 4.72 Å². The van der Waals surface area contributed by atoms with Gasteiger partial charge in [-0.15, -0.1) is 6.58 Å². The number of alkyl halides is 3. The SMILES string of the molecule is C=CC(C(=O)OCC)C(NS(=O)C(C)(C)C)C(F)(F)F. The van der Waals surface area contributed by atoms with Crippen molar-refractivity contribution in [1.29, 1.82) is 0 Å². The van der Waals surface area contributed by atoms with Gasteiger partial charge >= 0.3 is 12.1 Å². The number of rotatable bonds is 6. The van der Waals surface area contributed by atoms with Gasteiger partial charge in [0.15, 0.2) is 0 Å². The number of esters is 1. The lowest BCUT2D eigenvalue weighted by Gasteiger charge is -2.29. The molecule has 0 bridgehead atoms. The molecule has 0 aromatic heterocycles. The third-order valence-electron chi connectivity index (χ3n) is 2.31. The number of halogens is 3. The number of hydrogen-bond acceptors (Lipinski definition) is 3. The van der Waals surface area contributed by atoms with E-state index in [2.05, 4.69) is 11.3 Å². The summed E-state index contributed by atoms with van der Waals surface area (Å²) >= 11 is 0. The average Bonchev–Trinajstić information content (AvgIpc) is 2.26. The van der Waals surface area contributed by atoms with Crippen molar-refractivity contribution in [2.45, 2.75) is 44.7 Å². The topological polar surface area (TPSA) is 55.4 Å². The predicted octanol–water partition coefficient (Wildman–Crippen LogP) is 2.33. The molecule has 0 aliphatic carbocycles. The first-order valence-corrected chi connectivity index (χ1v) is 7.14. The molecular formula is C12H20F3NO3S. The van der Waals surface area contributed by atoms with Crippen molar-refractivity contribution >= 4 is 17.0 Å². The van der Waals surface area contributed by atoms with Crippen molar-refractivity contribution in [3.05, 3.63) is 12.7 Å². The number of carbonyl (C=O) groups is 1. The molecule has 0 spiro atoms. The number of carbonyl (C=O) groups excluding carboxylic acids is 1. The molecule has 3 unspecified atom stereocenters. The molecule has 0 aliphatic rings. The standard InChI is InChI=1S/C12H20F3NO3S/c1-6-8(10(17)19-7-2)9(12(13,14)15)16-20(18)11(3,4)5/h6,8-9,16H,1,7H2,2-5H3. The third kappa shape index (κ3) is 5.62. The maximum Gasteiger partial charge on any atom is 0.405 e. The Morgan fingerprint density at radius 3 is 2.20 bits per heavy atom. The van der Waals surface area contributed by atoms with Crippen LogP contribution in [0.25, 0.3) is 0 Å². The monoisotopic (exact) mass is 315 g/mol. The Morgan fingerprint density at radius 1 is 1.40 bits per heavy atom. The van der Waals surface area contributed by atoms with Crippen molar-refractivity contribution in [2.75, 3.05) is 6.61 Å². The zero-order chi connectivity index (χ0) is 16.1. The van der Waals surface area contributed by atoms with E-state index in [9.17, 15) is 22.2 Å². The summed E-state index contributed by atoms with van der Waals surface area (Å²) in [6.07, 6.45) is -3.91. The van der Waals surface area contributed by atoms with Crippen LogP contribution in [0.15, 0.2) is 12.7 Å². The van der Waals surface area contributed by atoms with E-state index in [-0.39, 0.29) is 6.61 Å². The molecule has 0 fully saturated rings. The second kappa shape index (κ2) is 7.21. The number of hydrogen-bond donors (Lipinski definition) is 1. The molecule has 0 aliphatic heterocycles. The molecule has 20 heavy (non-hydrogen) atoms. The van der Waals surface area contributed by atoms with Crippen LogP contribution in [-0.2, 0) is 20.5 Å². The van der Waals surface area contributed by atoms with Gasteiger partial charge in [-0.3, -0.25) is 4.79 Å². The van der Waals surface area contributed by atoms with Crippen LogP contribution in [0.1, 0.15) is 27.7 Å². The van der Waals surface area contributed by atoms with E-state index >= 15 is 0 Å². The summed E-state index contributed by atoms with van der Waals surface area (Å²) in [5.74, 6) is -2.70. The van der Waals surface area contributed by atoms with Gasteiger partial charge in [0.25, 0.3) is 0 Å². The molecule has 4 nitrogen and oxygen atoms in total. The predicted molar refractivity (Wildman–Crippen MR) is 71.2 cm³/mol. The minimum atomic E-state index is -4.76. The normalized spacial score (nSPS) is 17.1. The van der Waals surface area contributed by atoms with Crippen LogP contribution in [0, 0.1) is 5.92 Å². The first-order valence-electron chi connectivity index (χ1n) is 5.99. The summed E-state index contributed by atoms with van der Waals surface area (Å²) in [5.41, 5.74) is 0. The Balaban J connectivity index is 5.30. The van der Waals surface area contributed by atoms with E-state index in [0.29, 0.717) is 0 Å². The smallest absolute Gasteiger partial charge is 0.405 e. The van der Waals surface area contributed by atoms with E-state index in [0.717, 1.165) is 6.08 Å². The van der Waals surface area contributed by atoms with Gasteiger partial charge in [0.2, 0.25) is 0 Å². The summed E-state index contributed by atoms with van der Waals surface area (Å²) in [6, 6.07) is -2.31. The second-order valence-corrected chi connectivity index (χ2v) is 7.03. The Morgan fingerprint density at radius 2 is 1.90 bits per heavy atom. The Kier molecular flexibility index (Phi) is 6.89. The van der Waals surface area contributed by atoms with Gasteiger partial charge in [-0.05, 0) is 27.7 Å². The van der Waals surface area contributed by atoms with Crippen molar-refractivity contribution in [2.24, 2.45) is 5.92 Å². The van der Waals surface area contributed by atoms with E-state index < -0.39 is 39.8 Å². The highest BCUT2D eigenvalue weighted by molar-refractivity contribution is 7.84. The maximum absolute atomic E-state index is 13.1. The molecule has 118 valence electrons. The first-order chi connectivity index (χ1) is 8.95. The van der Waals surface area contributed by atoms with Crippen LogP contribution in [0.4, 0.5) is 13.2 Å². The van der Waals surface area contributed by atoms with Gasteiger partial charge in [0.05, 0.1) is 28.3 Å². The van der Waals surface area contributed by atoms with E-state index in [1.54, 1.807) is 0 Å². The lowest BCUT2D eigenvalue weighted by molar-refractivity contribution is -0.174. The van der Waals surface area contributed by atoms with Crippen LogP contribution in [0.3, 0.4) is 0 Å². The second-order valence-electron chi connectivity index (χ2n) is 5.03. The van der Waals surface area contributed by atoms with Gasteiger partial charge < -0.3 is 4.74 Å². The van der Waals surface area contributed by atoms with E-state index in [4.69, 9.17) is 0 Å². The van der Waals surface area contributed by atoms with Crippen LogP contribution in [0.2, 0.25) is 0 Å². The fraction of sp³-hybridized carbons (Fsp3) is 0.750. The van der Waals surface area contributed by atoms with Crippen LogP contribution < -0.4 is 4.72 Å². The lowest BCUT2D eigenvalue weighted by Crippen LogP contribution is -2.53. The van der Waals surface area contributed by atoms with Crippen LogP contribution in [-0.4, -0.2) is 33.8 Å². The fourth-order valence-corrected chi connectivity index (χ4v) is 2.11. The lowest BCUT2D eigenvalue weighted by atomic mass is 10.0. The maximum atomic E-state index is 13.1. The molecular weight excluding hydrogens is 295 g/mol. The molecule has 0 radical (unpaired) electrons. The summed E-state index contributed by atoms with van der Waals surface area (Å²) in [4.78, 5) is 11.6. The van der Waals surface area contributed by atoms with Crippen molar-refractivity contribution < 1.29 is 26.9 Å². The van der Waals surface area contributed by atoms with Gasteiger partial charge in [0.1, 0.15) is 6.04 Å². The molecule has 0 aromatic carbocycles. The summed E-state index contributed by atoms with van der Waals surface area (Å²) in [6.45, 7) is 9.24. The molecule has 3 atom stereocenters. The van der Waals surface area contributed by atoms with Gasteiger partial charge in [0, 0.05) is 0 Å². The van der Waals surface area contributed by atoms with Crippen molar-refractivity contribution in [1.82, 2.24) is 4.72 Å². The quantitative estimate of drug-likeness (QED) is 0.604. The Hall–Kier alpha value is -0.890. The Bertz CT molecular complexity index is 377. The zero-order valence-corrected chi connectivity index (χ0v) is 12.7. The molecule has 0 saturated heterocycles. The van der Waals surface area contributed by atoms with E-state index in [1.165, 1.54) is 27.7 Å². The van der Waals surface area contributed by atoms with Gasteiger partial charge in [-0.2, -0.15) is 13.2 Å². The van der Waals surface area contributed by atoms with Gasteiger partial charge in [-0.1, -0.05) is 6.08 Å². The number of ether oxygens (including phenoxy) is 1. The highest BCUT2D eigenvalue weighted by Crippen LogP contribution is 2.28. The Labute approximate surface area is 119 Å². The largest absolute Gasteiger partial charge is 0.465 e. The van der Waals surface area contributed by atoms with Gasteiger partial charge in [-0.25, -0.2) is 8.93 Å². The minimum Gasteiger partial charge on any atom is -0.465 e. The van der Waals surface area contributed by atoms with Crippen molar-refractivity contribution in [3.8, 4) is 0 Å². The average molecular weight is 315 g/mol. The highest BCUT2D eigenvalue weighted by atomic mass is 32.2. The molecule has 0 heterocycles. The van der Waals surface area contributed by atoms with Crippen LogP contribution >= 0.6 is 0 Å². The molecule has 1 N–H and O–H groups in total. The molecule has 0 amide bonds. The molecule has 0 saturated carbocycles.